The van der Waals surface area contributed by atoms with Gasteiger partial charge < -0.3 is 24.8 Å². The molecule has 6 aliphatic rings. The molecule has 5 nitrogen and oxygen atoms in total. The van der Waals surface area contributed by atoms with E-state index in [9.17, 15) is 15.3 Å². The van der Waals surface area contributed by atoms with Gasteiger partial charge in [-0.15, -0.1) is 0 Å². The number of ether oxygens (including phenoxy) is 2. The molecule has 0 aromatic rings. The summed E-state index contributed by atoms with van der Waals surface area (Å²) < 4.78 is 13.3. The molecule has 5 heteroatoms. The summed E-state index contributed by atoms with van der Waals surface area (Å²) in [5, 5.41) is 31.3. The number of hydrogen-bond donors (Lipinski definition) is 3. The maximum absolute atomic E-state index is 11.2. The highest BCUT2D eigenvalue weighted by Gasteiger charge is 2.71. The normalized spacial score (nSPS) is 63.7. The van der Waals surface area contributed by atoms with Crippen LogP contribution in [0.1, 0.15) is 85.5 Å². The van der Waals surface area contributed by atoms with E-state index in [1.165, 1.54) is 19.3 Å². The molecule has 13 atom stereocenters. The maximum atomic E-state index is 11.2. The van der Waals surface area contributed by atoms with Crippen molar-refractivity contribution in [2.75, 3.05) is 6.61 Å². The van der Waals surface area contributed by atoms with Crippen LogP contribution in [0.25, 0.3) is 0 Å². The number of rotatable bonds is 1. The molecule has 0 aromatic heterocycles. The molecule has 6 rings (SSSR count). The maximum Gasteiger partial charge on any atom is 0.172 e. The summed E-state index contributed by atoms with van der Waals surface area (Å²) in [5.74, 6) is 2.66. The summed E-state index contributed by atoms with van der Waals surface area (Å²) in [6.45, 7) is 9.30. The van der Waals surface area contributed by atoms with Crippen LogP contribution in [-0.2, 0) is 9.47 Å². The van der Waals surface area contributed by atoms with Gasteiger partial charge in [-0.3, -0.25) is 0 Å². The molecule has 2 aliphatic heterocycles. The third-order valence-corrected chi connectivity index (χ3v) is 12.2. The lowest BCUT2D eigenvalue weighted by molar-refractivity contribution is -0.263. The minimum Gasteiger partial charge on any atom is -0.393 e. The van der Waals surface area contributed by atoms with E-state index in [0.717, 1.165) is 32.1 Å². The van der Waals surface area contributed by atoms with Crippen molar-refractivity contribution in [2.24, 2.45) is 46.3 Å². The number of aliphatic hydroxyl groups excluding tert-OH is 3. The Morgan fingerprint density at radius 1 is 0.906 bits per heavy atom. The minimum absolute atomic E-state index is 0.0492. The average Bonchev–Trinajstić information content (AvgIpc) is 3.33. The Labute approximate surface area is 193 Å². The molecule has 0 bridgehead atoms. The van der Waals surface area contributed by atoms with Crippen LogP contribution in [0.4, 0.5) is 0 Å². The van der Waals surface area contributed by atoms with Crippen molar-refractivity contribution in [3.8, 4) is 0 Å². The van der Waals surface area contributed by atoms with Gasteiger partial charge in [0, 0.05) is 12.3 Å². The van der Waals surface area contributed by atoms with Gasteiger partial charge in [0.2, 0.25) is 0 Å². The van der Waals surface area contributed by atoms with E-state index < -0.39 is 11.4 Å². The van der Waals surface area contributed by atoms with E-state index >= 15 is 0 Å². The summed E-state index contributed by atoms with van der Waals surface area (Å²) in [6.07, 6.45) is 8.61. The highest BCUT2D eigenvalue weighted by molar-refractivity contribution is 5.17. The Bertz CT molecular complexity index is 773. The number of aliphatic hydroxyl groups is 3. The molecule has 6 fully saturated rings. The van der Waals surface area contributed by atoms with Gasteiger partial charge in [-0.25, -0.2) is 0 Å². The van der Waals surface area contributed by atoms with Crippen LogP contribution in [0, 0.1) is 46.3 Å². The van der Waals surface area contributed by atoms with Crippen LogP contribution in [0.2, 0.25) is 0 Å². The topological polar surface area (TPSA) is 79.2 Å². The van der Waals surface area contributed by atoms with Crippen molar-refractivity contribution in [3.05, 3.63) is 0 Å². The molecule has 0 radical (unpaired) electrons. The Morgan fingerprint density at radius 3 is 2.41 bits per heavy atom. The van der Waals surface area contributed by atoms with Crippen molar-refractivity contribution in [1.82, 2.24) is 0 Å². The van der Waals surface area contributed by atoms with Crippen LogP contribution in [-0.4, -0.2) is 51.6 Å². The van der Waals surface area contributed by atoms with E-state index in [1.54, 1.807) is 0 Å². The molecule has 2 heterocycles. The van der Waals surface area contributed by atoms with Gasteiger partial charge in [0.1, 0.15) is 0 Å². The fourth-order valence-corrected chi connectivity index (χ4v) is 10.4. The number of hydrogen-bond acceptors (Lipinski definition) is 5. The quantitative estimate of drug-likeness (QED) is 0.567. The predicted octanol–water partition coefficient (Wildman–Crippen LogP) is 3.88. The molecule has 32 heavy (non-hydrogen) atoms. The monoisotopic (exact) mass is 448 g/mol. The first kappa shape index (κ1) is 22.3. The van der Waals surface area contributed by atoms with Crippen LogP contribution in [0.15, 0.2) is 0 Å². The smallest absolute Gasteiger partial charge is 0.172 e. The van der Waals surface area contributed by atoms with Gasteiger partial charge in [0.05, 0.1) is 30.5 Å². The SMILES string of the molecule is C[C@H]1[C@H]2[C@H](C[C@H]3[C@@H]4CC[C@H]5C[C@@H](O)C[C@@H](O)[C@]5(C)[C@H]4CC[C@]23C)O[C@]12CC[C@@](C)(CO)O2. The average molecular weight is 449 g/mol. The molecule has 0 aromatic carbocycles. The van der Waals surface area contributed by atoms with E-state index in [2.05, 4.69) is 20.8 Å². The van der Waals surface area contributed by atoms with Crippen LogP contribution >= 0.6 is 0 Å². The standard InChI is InChI=1S/C27H44O5/c1-15-23-21(31-27(15)10-9-24(2,14-28)32-27)13-20-18-6-5-16-11-17(29)12-22(30)26(16,4)19(18)7-8-25(20,23)3/h15-23,28-30H,5-14H2,1-4H3/t15-,16-,17+,18+,19-,20-,21-,22+,23-,24-,25-,26-,27-/m0/s1. The molecular formula is C27H44O5. The lowest BCUT2D eigenvalue weighted by Crippen LogP contribution is -2.59. The summed E-state index contributed by atoms with van der Waals surface area (Å²) in [4.78, 5) is 0. The largest absolute Gasteiger partial charge is 0.393 e. The molecule has 1 spiro atoms. The molecule has 4 aliphatic carbocycles. The summed E-state index contributed by atoms with van der Waals surface area (Å²) >= 11 is 0. The Hall–Kier alpha value is -0.200. The zero-order valence-electron chi connectivity index (χ0n) is 20.4. The molecule has 4 saturated carbocycles. The van der Waals surface area contributed by atoms with Gasteiger partial charge in [-0.05, 0) is 98.7 Å². The van der Waals surface area contributed by atoms with Crippen molar-refractivity contribution in [1.29, 1.82) is 0 Å². The lowest BCUT2D eigenvalue weighted by atomic mass is 9.43. The fraction of sp³-hybridized carbons (Fsp3) is 1.00. The second kappa shape index (κ2) is 6.94. The zero-order valence-corrected chi connectivity index (χ0v) is 20.4. The molecule has 0 amide bonds. The highest BCUT2D eigenvalue weighted by atomic mass is 16.7. The second-order valence-electron chi connectivity index (χ2n) is 13.4. The summed E-state index contributed by atoms with van der Waals surface area (Å²) in [7, 11) is 0. The van der Waals surface area contributed by atoms with Gasteiger partial charge in [-0.2, -0.15) is 0 Å². The van der Waals surface area contributed by atoms with Crippen molar-refractivity contribution >= 4 is 0 Å². The summed E-state index contributed by atoms with van der Waals surface area (Å²) in [5.41, 5.74) is -0.259. The molecule has 2 saturated heterocycles. The molecule has 182 valence electrons. The van der Waals surface area contributed by atoms with Crippen molar-refractivity contribution in [2.45, 2.75) is 115 Å². The van der Waals surface area contributed by atoms with Crippen LogP contribution in [0.3, 0.4) is 0 Å². The highest BCUT2D eigenvalue weighted by Crippen LogP contribution is 2.71. The van der Waals surface area contributed by atoms with Crippen molar-refractivity contribution < 1.29 is 24.8 Å². The van der Waals surface area contributed by atoms with Gasteiger partial charge in [-0.1, -0.05) is 20.8 Å². The number of fused-ring (bicyclic) bond motifs is 7. The first-order valence-corrected chi connectivity index (χ1v) is 13.4. The predicted molar refractivity (Wildman–Crippen MR) is 121 cm³/mol. The third-order valence-electron chi connectivity index (χ3n) is 12.2. The van der Waals surface area contributed by atoms with Gasteiger partial charge >= 0.3 is 0 Å². The first-order valence-electron chi connectivity index (χ1n) is 13.4. The molecule has 3 N–H and O–H groups in total. The van der Waals surface area contributed by atoms with E-state index in [1.807, 2.05) is 6.92 Å². The molecule has 0 unspecified atom stereocenters. The fourth-order valence-electron chi connectivity index (χ4n) is 10.4. The van der Waals surface area contributed by atoms with Gasteiger partial charge in [0.25, 0.3) is 0 Å². The van der Waals surface area contributed by atoms with Crippen molar-refractivity contribution in [3.63, 3.8) is 0 Å². The Balaban J connectivity index is 1.27. The minimum atomic E-state index is -0.517. The van der Waals surface area contributed by atoms with Crippen LogP contribution in [0.5, 0.6) is 0 Å². The lowest BCUT2D eigenvalue weighted by Gasteiger charge is -2.62. The van der Waals surface area contributed by atoms with E-state index in [4.69, 9.17) is 9.47 Å². The first-order chi connectivity index (χ1) is 15.1. The summed E-state index contributed by atoms with van der Waals surface area (Å²) in [6, 6.07) is 0. The van der Waals surface area contributed by atoms with E-state index in [0.29, 0.717) is 41.9 Å². The Morgan fingerprint density at radius 2 is 1.69 bits per heavy atom. The Kier molecular flexibility index (Phi) is 4.83. The zero-order chi connectivity index (χ0) is 22.7. The van der Waals surface area contributed by atoms with E-state index in [-0.39, 0.29) is 35.7 Å². The molecular weight excluding hydrogens is 404 g/mol. The van der Waals surface area contributed by atoms with Crippen LogP contribution < -0.4 is 0 Å². The van der Waals surface area contributed by atoms with Gasteiger partial charge in [0.15, 0.2) is 5.79 Å². The second-order valence-corrected chi connectivity index (χ2v) is 13.4. The third kappa shape index (κ3) is 2.69.